The second-order valence-electron chi connectivity index (χ2n) is 4.30. The first-order valence-corrected chi connectivity index (χ1v) is 6.50. The summed E-state index contributed by atoms with van der Waals surface area (Å²) >= 11 is 3.36. The Labute approximate surface area is 103 Å². The van der Waals surface area contributed by atoms with Crippen LogP contribution in [0.4, 0.5) is 5.95 Å². The molecule has 3 rings (SSSR count). The van der Waals surface area contributed by atoms with Crippen LogP contribution in [0.3, 0.4) is 0 Å². The van der Waals surface area contributed by atoms with Gasteiger partial charge in [-0.1, -0.05) is 0 Å². The zero-order valence-electron chi connectivity index (χ0n) is 8.97. The van der Waals surface area contributed by atoms with Crippen molar-refractivity contribution in [2.45, 2.75) is 31.4 Å². The second-order valence-corrected chi connectivity index (χ2v) is 5.22. The third-order valence-corrected chi connectivity index (χ3v) is 3.76. The lowest BCUT2D eigenvalue weighted by molar-refractivity contribution is 0.0250. The topological polar surface area (TPSA) is 38.2 Å². The molecule has 86 valence electrons. The molecular weight excluding hydrogens is 270 g/mol. The number of aromatic nitrogens is 2. The van der Waals surface area contributed by atoms with E-state index in [2.05, 4.69) is 30.8 Å². The highest BCUT2D eigenvalue weighted by atomic mass is 79.9. The molecule has 0 spiro atoms. The molecule has 1 aromatic heterocycles. The van der Waals surface area contributed by atoms with Crippen LogP contribution in [0.15, 0.2) is 16.9 Å². The van der Waals surface area contributed by atoms with Gasteiger partial charge in [-0.3, -0.25) is 0 Å². The molecule has 0 aromatic carbocycles. The molecular formula is C11H14BrN3O. The predicted molar refractivity (Wildman–Crippen MR) is 64.5 cm³/mol. The van der Waals surface area contributed by atoms with Gasteiger partial charge in [-0.15, -0.1) is 0 Å². The minimum atomic E-state index is 0.390. The number of nitrogens with zero attached hydrogens (tertiary/aromatic N) is 3. The average molecular weight is 284 g/mol. The molecule has 2 unspecified atom stereocenters. The van der Waals surface area contributed by atoms with Gasteiger partial charge in [0.2, 0.25) is 5.95 Å². The number of hydrogen-bond acceptors (Lipinski definition) is 4. The maximum Gasteiger partial charge on any atom is 0.225 e. The molecule has 2 aliphatic rings. The molecule has 0 radical (unpaired) electrons. The third-order valence-electron chi connectivity index (χ3n) is 3.35. The number of hydrogen-bond donors (Lipinski definition) is 0. The Hall–Kier alpha value is -0.680. The molecule has 16 heavy (non-hydrogen) atoms. The van der Waals surface area contributed by atoms with Crippen molar-refractivity contribution in [2.75, 3.05) is 18.1 Å². The van der Waals surface area contributed by atoms with Crippen molar-refractivity contribution in [3.63, 3.8) is 0 Å². The van der Waals surface area contributed by atoms with Crippen molar-refractivity contribution >= 4 is 21.9 Å². The van der Waals surface area contributed by atoms with E-state index in [1.165, 1.54) is 19.3 Å². The smallest absolute Gasteiger partial charge is 0.225 e. The summed E-state index contributed by atoms with van der Waals surface area (Å²) in [5.41, 5.74) is 0. The third kappa shape index (κ3) is 1.82. The molecule has 0 bridgehead atoms. The van der Waals surface area contributed by atoms with Crippen LogP contribution >= 0.6 is 15.9 Å². The predicted octanol–water partition coefficient (Wildman–Crippen LogP) is 2.00. The Balaban J connectivity index is 1.85. The highest BCUT2D eigenvalue weighted by molar-refractivity contribution is 9.10. The van der Waals surface area contributed by atoms with E-state index in [4.69, 9.17) is 4.74 Å². The molecule has 2 fully saturated rings. The molecule has 2 heterocycles. The first-order chi connectivity index (χ1) is 7.84. The fourth-order valence-electron chi connectivity index (χ4n) is 2.63. The van der Waals surface area contributed by atoms with Crippen LogP contribution in [0.5, 0.6) is 0 Å². The molecule has 5 heteroatoms. The second kappa shape index (κ2) is 4.30. The van der Waals surface area contributed by atoms with Gasteiger partial charge in [-0.2, -0.15) is 0 Å². The van der Waals surface area contributed by atoms with Crippen LogP contribution in [0.25, 0.3) is 0 Å². The van der Waals surface area contributed by atoms with Gasteiger partial charge in [0.15, 0.2) is 0 Å². The summed E-state index contributed by atoms with van der Waals surface area (Å²) in [6, 6.07) is 0.481. The van der Waals surface area contributed by atoms with E-state index in [0.717, 1.165) is 23.6 Å². The van der Waals surface area contributed by atoms with Crippen LogP contribution in [0.2, 0.25) is 0 Å². The summed E-state index contributed by atoms with van der Waals surface area (Å²) in [6.45, 7) is 1.70. The lowest BCUT2D eigenvalue weighted by Crippen LogP contribution is -2.49. The summed E-state index contributed by atoms with van der Waals surface area (Å²) in [6.07, 6.45) is 7.63. The fraction of sp³-hybridized carbons (Fsp3) is 0.636. The average Bonchev–Trinajstić information content (AvgIpc) is 2.78. The zero-order valence-corrected chi connectivity index (χ0v) is 10.6. The van der Waals surface area contributed by atoms with Crippen LogP contribution in [-0.4, -0.2) is 35.3 Å². The highest BCUT2D eigenvalue weighted by Gasteiger charge is 2.37. The molecule has 1 saturated carbocycles. The molecule has 1 aliphatic carbocycles. The van der Waals surface area contributed by atoms with Gasteiger partial charge < -0.3 is 9.64 Å². The van der Waals surface area contributed by atoms with Gasteiger partial charge in [0.05, 0.1) is 23.2 Å². The van der Waals surface area contributed by atoms with E-state index in [0.29, 0.717) is 12.1 Å². The van der Waals surface area contributed by atoms with Crippen molar-refractivity contribution in [3.8, 4) is 0 Å². The van der Waals surface area contributed by atoms with E-state index in [-0.39, 0.29) is 0 Å². The summed E-state index contributed by atoms with van der Waals surface area (Å²) in [5, 5.41) is 0. The first kappa shape index (κ1) is 10.5. The molecule has 0 N–H and O–H groups in total. The molecule has 1 aliphatic heterocycles. The molecule has 4 nitrogen and oxygen atoms in total. The molecule has 0 amide bonds. The van der Waals surface area contributed by atoms with E-state index in [1.54, 1.807) is 0 Å². The van der Waals surface area contributed by atoms with Gasteiger partial charge in [0.25, 0.3) is 0 Å². The first-order valence-electron chi connectivity index (χ1n) is 5.70. The number of morpholine rings is 1. The quantitative estimate of drug-likeness (QED) is 0.790. The van der Waals surface area contributed by atoms with Crippen molar-refractivity contribution in [2.24, 2.45) is 0 Å². The summed E-state index contributed by atoms with van der Waals surface area (Å²) in [4.78, 5) is 11.0. The fourth-order valence-corrected chi connectivity index (χ4v) is 2.83. The Kier molecular flexibility index (Phi) is 2.81. The van der Waals surface area contributed by atoms with Crippen LogP contribution in [0, 0.1) is 0 Å². The Morgan fingerprint density at radius 3 is 2.94 bits per heavy atom. The standard InChI is InChI=1S/C11H14BrN3O/c12-8-6-13-11(14-7-8)15-4-5-16-10-3-1-2-9(10)15/h6-7,9-10H,1-5H2. The zero-order chi connectivity index (χ0) is 11.0. The highest BCUT2D eigenvalue weighted by Crippen LogP contribution is 2.31. The lowest BCUT2D eigenvalue weighted by Gasteiger charge is -2.37. The van der Waals surface area contributed by atoms with Crippen molar-refractivity contribution < 1.29 is 4.74 Å². The van der Waals surface area contributed by atoms with Crippen LogP contribution in [0.1, 0.15) is 19.3 Å². The van der Waals surface area contributed by atoms with E-state index in [1.807, 2.05) is 12.4 Å². The van der Waals surface area contributed by atoms with E-state index in [9.17, 15) is 0 Å². The van der Waals surface area contributed by atoms with Gasteiger partial charge in [0, 0.05) is 18.9 Å². The van der Waals surface area contributed by atoms with E-state index >= 15 is 0 Å². The summed E-state index contributed by atoms with van der Waals surface area (Å²) in [7, 11) is 0. The Morgan fingerprint density at radius 2 is 2.12 bits per heavy atom. The molecule has 1 saturated heterocycles. The summed E-state index contributed by atoms with van der Waals surface area (Å²) in [5.74, 6) is 0.836. The summed E-state index contributed by atoms with van der Waals surface area (Å²) < 4.78 is 6.69. The number of rotatable bonds is 1. The maximum atomic E-state index is 5.77. The van der Waals surface area contributed by atoms with Crippen LogP contribution in [-0.2, 0) is 4.74 Å². The Bertz CT molecular complexity index is 370. The largest absolute Gasteiger partial charge is 0.374 e. The van der Waals surface area contributed by atoms with Crippen LogP contribution < -0.4 is 4.90 Å². The molecule has 2 atom stereocenters. The normalized spacial score (nSPS) is 29.2. The number of fused-ring (bicyclic) bond motifs is 1. The van der Waals surface area contributed by atoms with Gasteiger partial charge in [-0.25, -0.2) is 9.97 Å². The SMILES string of the molecule is Brc1cnc(N2CCOC3CCCC32)nc1. The maximum absolute atomic E-state index is 5.77. The number of anilines is 1. The van der Waals surface area contributed by atoms with Gasteiger partial charge >= 0.3 is 0 Å². The van der Waals surface area contributed by atoms with Gasteiger partial charge in [0.1, 0.15) is 0 Å². The minimum absolute atomic E-state index is 0.390. The van der Waals surface area contributed by atoms with Crippen molar-refractivity contribution in [1.29, 1.82) is 0 Å². The Morgan fingerprint density at radius 1 is 1.31 bits per heavy atom. The molecule has 1 aromatic rings. The van der Waals surface area contributed by atoms with E-state index < -0.39 is 0 Å². The monoisotopic (exact) mass is 283 g/mol. The number of halogens is 1. The van der Waals surface area contributed by atoms with Gasteiger partial charge in [-0.05, 0) is 35.2 Å². The number of ether oxygens (including phenoxy) is 1. The van der Waals surface area contributed by atoms with Crippen molar-refractivity contribution in [3.05, 3.63) is 16.9 Å². The van der Waals surface area contributed by atoms with Crippen molar-refractivity contribution in [1.82, 2.24) is 9.97 Å². The lowest BCUT2D eigenvalue weighted by atomic mass is 10.1. The minimum Gasteiger partial charge on any atom is -0.374 e.